The Morgan fingerprint density at radius 2 is 2.14 bits per heavy atom. The molecule has 2 N–H and O–H groups in total. The number of likely N-dealkylation sites (N-methyl/N-ethyl adjacent to an activating group) is 1. The average Bonchev–Trinajstić information content (AvgIpc) is 3.19. The van der Waals surface area contributed by atoms with Gasteiger partial charge in [-0.25, -0.2) is 4.98 Å². The number of nitrogens with one attached hydrogen (secondary N) is 2. The molecule has 1 aliphatic carbocycles. The van der Waals surface area contributed by atoms with Gasteiger partial charge in [-0.1, -0.05) is 12.1 Å². The van der Waals surface area contributed by atoms with Gasteiger partial charge in [0, 0.05) is 10.6 Å². The smallest absolute Gasteiger partial charge is 0.259 e. The van der Waals surface area contributed by atoms with Gasteiger partial charge in [0.15, 0.2) is 0 Å². The largest absolute Gasteiger partial charge is 0.325 e. The van der Waals surface area contributed by atoms with Crippen LogP contribution >= 0.6 is 11.3 Å². The van der Waals surface area contributed by atoms with E-state index in [0.29, 0.717) is 12.4 Å². The van der Waals surface area contributed by atoms with Gasteiger partial charge in [-0.15, -0.1) is 11.3 Å². The first-order valence-electron chi connectivity index (χ1n) is 9.50. The molecule has 1 aromatic carbocycles. The highest BCUT2D eigenvalue weighted by molar-refractivity contribution is 7.18. The maximum Gasteiger partial charge on any atom is 0.259 e. The molecule has 0 aliphatic heterocycles. The summed E-state index contributed by atoms with van der Waals surface area (Å²) in [5, 5.41) is 3.72. The van der Waals surface area contributed by atoms with E-state index in [1.165, 1.54) is 10.4 Å². The van der Waals surface area contributed by atoms with E-state index in [-0.39, 0.29) is 18.0 Å². The molecular weight excluding hydrogens is 372 g/mol. The Hall–Kier alpha value is -2.51. The van der Waals surface area contributed by atoms with Gasteiger partial charge in [0.2, 0.25) is 5.91 Å². The number of fused-ring (bicyclic) bond motifs is 3. The van der Waals surface area contributed by atoms with Crippen LogP contribution in [0.4, 0.5) is 5.69 Å². The maximum absolute atomic E-state index is 12.5. The van der Waals surface area contributed by atoms with E-state index in [1.54, 1.807) is 11.3 Å². The zero-order valence-electron chi connectivity index (χ0n) is 16.4. The predicted molar refractivity (Wildman–Crippen MR) is 113 cm³/mol. The lowest BCUT2D eigenvalue weighted by Gasteiger charge is -2.16. The number of benzene rings is 1. The number of aromatic nitrogens is 2. The number of aromatic amines is 1. The van der Waals surface area contributed by atoms with Gasteiger partial charge in [0.05, 0.1) is 18.5 Å². The summed E-state index contributed by atoms with van der Waals surface area (Å²) < 4.78 is 0. The lowest BCUT2D eigenvalue weighted by molar-refractivity contribution is -0.117. The van der Waals surface area contributed by atoms with Crippen molar-refractivity contribution in [1.82, 2.24) is 14.9 Å². The molecule has 28 heavy (non-hydrogen) atoms. The van der Waals surface area contributed by atoms with Gasteiger partial charge in [0.25, 0.3) is 5.56 Å². The van der Waals surface area contributed by atoms with E-state index in [4.69, 9.17) is 0 Å². The second kappa shape index (κ2) is 7.48. The number of hydrogen-bond acceptors (Lipinski definition) is 5. The highest BCUT2D eigenvalue weighted by Gasteiger charge is 2.21. The molecule has 1 aliphatic rings. The summed E-state index contributed by atoms with van der Waals surface area (Å²) in [6.07, 6.45) is 3.14. The molecule has 0 saturated carbocycles. The van der Waals surface area contributed by atoms with Crippen molar-refractivity contribution in [2.75, 3.05) is 18.9 Å². The second-order valence-electron chi connectivity index (χ2n) is 7.52. The van der Waals surface area contributed by atoms with E-state index in [2.05, 4.69) is 15.3 Å². The molecule has 0 atom stereocenters. The molecule has 0 radical (unpaired) electrons. The summed E-state index contributed by atoms with van der Waals surface area (Å²) in [5.74, 6) is 0.509. The third-order valence-corrected chi connectivity index (χ3v) is 6.52. The minimum atomic E-state index is -0.0882. The summed E-state index contributed by atoms with van der Waals surface area (Å²) in [7, 11) is 1.85. The average molecular weight is 397 g/mol. The first kappa shape index (κ1) is 18.8. The molecule has 2 aromatic heterocycles. The molecule has 0 bridgehead atoms. The second-order valence-corrected chi connectivity index (χ2v) is 8.60. The van der Waals surface area contributed by atoms with E-state index in [9.17, 15) is 9.59 Å². The first-order valence-corrected chi connectivity index (χ1v) is 10.3. The van der Waals surface area contributed by atoms with Gasteiger partial charge in [-0.05, 0) is 62.9 Å². The Labute approximate surface area is 167 Å². The summed E-state index contributed by atoms with van der Waals surface area (Å²) in [6, 6.07) is 5.86. The first-order chi connectivity index (χ1) is 13.4. The summed E-state index contributed by atoms with van der Waals surface area (Å²) in [5.41, 5.74) is 4.17. The summed E-state index contributed by atoms with van der Waals surface area (Å²) >= 11 is 1.63. The molecule has 7 heteroatoms. The number of aryl methyl sites for hydroxylation is 3. The van der Waals surface area contributed by atoms with Crippen LogP contribution in [0.25, 0.3) is 10.2 Å². The van der Waals surface area contributed by atoms with E-state index in [0.717, 1.165) is 46.3 Å². The number of carbonyl (C=O) groups excluding carboxylic acids is 1. The van der Waals surface area contributed by atoms with Crippen molar-refractivity contribution in [3.63, 3.8) is 0 Å². The zero-order valence-corrected chi connectivity index (χ0v) is 17.2. The topological polar surface area (TPSA) is 78.1 Å². The van der Waals surface area contributed by atoms with Crippen LogP contribution in [0.2, 0.25) is 0 Å². The Balaban J connectivity index is 1.45. The Morgan fingerprint density at radius 1 is 1.32 bits per heavy atom. The van der Waals surface area contributed by atoms with Gasteiger partial charge < -0.3 is 10.3 Å². The maximum atomic E-state index is 12.5. The number of thiophene rings is 1. The lowest BCUT2D eigenvalue weighted by Crippen LogP contribution is -2.31. The molecule has 6 nitrogen and oxygen atoms in total. The molecule has 0 fully saturated rings. The quantitative estimate of drug-likeness (QED) is 0.694. The predicted octanol–water partition coefficient (Wildman–Crippen LogP) is 3.16. The normalized spacial score (nSPS) is 13.3. The summed E-state index contributed by atoms with van der Waals surface area (Å²) in [6.45, 7) is 4.65. The Morgan fingerprint density at radius 3 is 2.96 bits per heavy atom. The molecule has 4 rings (SSSR count). The van der Waals surface area contributed by atoms with Crippen LogP contribution in [0, 0.1) is 13.8 Å². The number of rotatable bonds is 5. The van der Waals surface area contributed by atoms with Crippen molar-refractivity contribution in [1.29, 1.82) is 0 Å². The highest BCUT2D eigenvalue weighted by Crippen LogP contribution is 2.34. The van der Waals surface area contributed by atoms with Crippen molar-refractivity contribution in [3.8, 4) is 0 Å². The van der Waals surface area contributed by atoms with Gasteiger partial charge in [-0.3, -0.25) is 14.5 Å². The fourth-order valence-electron chi connectivity index (χ4n) is 3.75. The number of H-pyrrole nitrogens is 1. The van der Waals surface area contributed by atoms with E-state index >= 15 is 0 Å². The molecule has 146 valence electrons. The van der Waals surface area contributed by atoms with Crippen molar-refractivity contribution in [2.24, 2.45) is 0 Å². The number of nitrogens with zero attached hydrogens (tertiary/aromatic N) is 2. The van der Waals surface area contributed by atoms with Crippen molar-refractivity contribution in [2.45, 2.75) is 39.7 Å². The van der Waals surface area contributed by atoms with Crippen LogP contribution in [0.3, 0.4) is 0 Å². The third kappa shape index (κ3) is 3.59. The van der Waals surface area contributed by atoms with Crippen molar-refractivity contribution in [3.05, 3.63) is 55.9 Å². The van der Waals surface area contributed by atoms with Crippen LogP contribution in [0.5, 0.6) is 0 Å². The zero-order chi connectivity index (χ0) is 19.8. The van der Waals surface area contributed by atoms with Gasteiger partial charge >= 0.3 is 0 Å². The van der Waals surface area contributed by atoms with Crippen molar-refractivity contribution < 1.29 is 4.79 Å². The van der Waals surface area contributed by atoms with E-state index < -0.39 is 0 Å². The standard InChI is InChI=1S/C21H24N4O2S/c1-12-6-4-8-15(13(12)2)22-18(26)11-25(3)10-17-23-20(27)19-14-7-5-9-16(14)28-21(19)24-17/h4,6,8H,5,7,9-11H2,1-3H3,(H,22,26)(H,23,24,27). The molecule has 0 spiro atoms. The van der Waals surface area contributed by atoms with Crippen LogP contribution in [-0.2, 0) is 24.2 Å². The lowest BCUT2D eigenvalue weighted by atomic mass is 10.1. The van der Waals surface area contributed by atoms with Gasteiger partial charge in [0.1, 0.15) is 10.7 Å². The number of anilines is 1. The fraction of sp³-hybridized carbons (Fsp3) is 0.381. The molecule has 1 amide bonds. The molecule has 0 unspecified atom stereocenters. The van der Waals surface area contributed by atoms with Crippen LogP contribution < -0.4 is 10.9 Å². The minimum Gasteiger partial charge on any atom is -0.325 e. The van der Waals surface area contributed by atoms with Crippen LogP contribution in [-0.4, -0.2) is 34.4 Å². The van der Waals surface area contributed by atoms with Crippen LogP contribution in [0.1, 0.15) is 33.8 Å². The molecule has 3 aromatic rings. The Kier molecular flexibility index (Phi) is 5.03. The highest BCUT2D eigenvalue weighted by atomic mass is 32.1. The van der Waals surface area contributed by atoms with Crippen LogP contribution in [0.15, 0.2) is 23.0 Å². The van der Waals surface area contributed by atoms with E-state index in [1.807, 2.05) is 44.0 Å². The Bertz CT molecular complexity index is 1120. The number of amides is 1. The monoisotopic (exact) mass is 396 g/mol. The molecule has 0 saturated heterocycles. The summed E-state index contributed by atoms with van der Waals surface area (Å²) in [4.78, 5) is 36.5. The number of hydrogen-bond donors (Lipinski definition) is 2. The fourth-order valence-corrected chi connectivity index (χ4v) is 5.04. The molecule has 2 heterocycles. The molecular formula is C21H24N4O2S. The number of carbonyl (C=O) groups is 1. The third-order valence-electron chi connectivity index (χ3n) is 5.34. The van der Waals surface area contributed by atoms with Gasteiger partial charge in [-0.2, -0.15) is 0 Å². The minimum absolute atomic E-state index is 0.0624. The SMILES string of the molecule is Cc1cccc(NC(=O)CN(C)Cc2nc3sc4c(c3c(=O)[nH]2)CCC4)c1C. The van der Waals surface area contributed by atoms with Crippen molar-refractivity contribution >= 4 is 33.1 Å².